The van der Waals surface area contributed by atoms with Gasteiger partial charge >= 0.3 is 5.97 Å². The van der Waals surface area contributed by atoms with Gasteiger partial charge in [-0.25, -0.2) is 4.79 Å². The van der Waals surface area contributed by atoms with Gasteiger partial charge in [-0.1, -0.05) is 0 Å². The Bertz CT molecular complexity index is 961. The van der Waals surface area contributed by atoms with Crippen LogP contribution in [0.1, 0.15) is 64.4 Å². The number of ether oxygens (including phenoxy) is 1. The Kier molecular flexibility index (Phi) is 6.39. The van der Waals surface area contributed by atoms with Gasteiger partial charge in [0, 0.05) is 42.7 Å². The third-order valence-corrected chi connectivity index (χ3v) is 5.87. The number of methoxy groups -OCH3 is 1. The number of amides is 1. The number of pyridine rings is 1. The van der Waals surface area contributed by atoms with E-state index in [1.54, 1.807) is 35.7 Å². The fraction of sp³-hybridized carbons (Fsp3) is 0.478. The number of carbonyl (C=O) groups excluding carboxylic acids is 3. The monoisotopic (exact) mass is 411 g/mol. The highest BCUT2D eigenvalue weighted by molar-refractivity contribution is 6.06. The molecule has 30 heavy (non-hydrogen) atoms. The Morgan fingerprint density at radius 1 is 1.23 bits per heavy atom. The van der Waals surface area contributed by atoms with Crippen LogP contribution < -0.4 is 0 Å². The number of carbonyl (C=O) groups is 3. The predicted molar refractivity (Wildman–Crippen MR) is 112 cm³/mol. The fourth-order valence-corrected chi connectivity index (χ4v) is 4.02. The maximum absolute atomic E-state index is 13.6. The number of aromatic nitrogens is 2. The second-order valence-corrected chi connectivity index (χ2v) is 7.81. The zero-order chi connectivity index (χ0) is 22.0. The fourth-order valence-electron chi connectivity index (χ4n) is 4.02. The Morgan fingerprint density at radius 2 is 1.87 bits per heavy atom. The van der Waals surface area contributed by atoms with Crippen molar-refractivity contribution >= 4 is 17.7 Å². The van der Waals surface area contributed by atoms with E-state index in [4.69, 9.17) is 4.74 Å². The maximum atomic E-state index is 13.6. The molecule has 1 aliphatic rings. The molecule has 0 bridgehead atoms. The second kappa shape index (κ2) is 8.81. The summed E-state index contributed by atoms with van der Waals surface area (Å²) in [7, 11) is 1.33. The van der Waals surface area contributed by atoms with E-state index in [0.717, 1.165) is 24.1 Å². The Balaban J connectivity index is 1.98. The molecule has 2 aromatic rings. The van der Waals surface area contributed by atoms with Gasteiger partial charge in [-0.3, -0.25) is 14.6 Å². The van der Waals surface area contributed by atoms with Crippen molar-refractivity contribution in [3.8, 4) is 0 Å². The molecule has 160 valence electrons. The van der Waals surface area contributed by atoms with Crippen LogP contribution >= 0.6 is 0 Å². The average molecular weight is 412 g/mol. The minimum absolute atomic E-state index is 0.00449. The molecule has 1 saturated carbocycles. The summed E-state index contributed by atoms with van der Waals surface area (Å²) in [4.78, 5) is 44.6. The van der Waals surface area contributed by atoms with E-state index >= 15 is 0 Å². The second-order valence-electron chi connectivity index (χ2n) is 7.81. The Hall–Kier alpha value is -2.96. The zero-order valence-electron chi connectivity index (χ0n) is 18.3. The first-order valence-corrected chi connectivity index (χ1v) is 10.3. The molecule has 2 heterocycles. The molecular formula is C23H29N3O4. The van der Waals surface area contributed by atoms with Crippen LogP contribution in [0.3, 0.4) is 0 Å². The molecule has 0 saturated heterocycles. The quantitative estimate of drug-likeness (QED) is 0.492. The van der Waals surface area contributed by atoms with Crippen molar-refractivity contribution in [2.24, 2.45) is 5.92 Å². The lowest BCUT2D eigenvalue weighted by molar-refractivity contribution is -0.134. The molecule has 0 aromatic carbocycles. The van der Waals surface area contributed by atoms with E-state index in [9.17, 15) is 14.4 Å². The molecule has 1 atom stereocenters. The predicted octanol–water partition coefficient (Wildman–Crippen LogP) is 3.32. The van der Waals surface area contributed by atoms with Gasteiger partial charge in [0.2, 0.25) is 5.91 Å². The first-order chi connectivity index (χ1) is 14.3. The van der Waals surface area contributed by atoms with Gasteiger partial charge in [-0.15, -0.1) is 0 Å². The van der Waals surface area contributed by atoms with E-state index in [-0.39, 0.29) is 17.6 Å². The van der Waals surface area contributed by atoms with Crippen molar-refractivity contribution in [3.05, 3.63) is 52.6 Å². The largest absolute Gasteiger partial charge is 0.464 e. The first kappa shape index (κ1) is 21.7. The number of Topliss-reactive ketones (excluding diaryl/α,β-unsaturated/α-hetero) is 1. The molecule has 1 amide bonds. The van der Waals surface area contributed by atoms with E-state index in [1.165, 1.54) is 7.11 Å². The normalized spacial score (nSPS) is 14.3. The Labute approximate surface area is 177 Å². The van der Waals surface area contributed by atoms with Crippen LogP contribution in [0.5, 0.6) is 0 Å². The van der Waals surface area contributed by atoms with Crippen LogP contribution in [-0.2, 0) is 22.6 Å². The van der Waals surface area contributed by atoms with E-state index in [1.807, 2.05) is 26.0 Å². The van der Waals surface area contributed by atoms with E-state index in [2.05, 4.69) is 4.98 Å². The van der Waals surface area contributed by atoms with Gasteiger partial charge < -0.3 is 14.2 Å². The molecule has 2 aromatic heterocycles. The van der Waals surface area contributed by atoms with E-state index < -0.39 is 12.0 Å². The van der Waals surface area contributed by atoms with Crippen LogP contribution in [-0.4, -0.2) is 45.3 Å². The standard InChI is InChI=1S/C23H29N3O4/c1-6-25-15(3)19(14(2)20(25)23(29)30-5)21(27)16(4)26(22(28)18-7-8-18)13-17-9-11-24-12-10-17/h9-12,16,18H,6-8,13H2,1-5H3. The summed E-state index contributed by atoms with van der Waals surface area (Å²) >= 11 is 0. The molecule has 0 radical (unpaired) electrons. The molecule has 0 N–H and O–H groups in total. The molecule has 1 fully saturated rings. The van der Waals surface area contributed by atoms with Gasteiger partial charge in [-0.05, 0) is 63.8 Å². The lowest BCUT2D eigenvalue weighted by atomic mass is 9.99. The molecular weight excluding hydrogens is 382 g/mol. The number of ketones is 1. The molecule has 0 aliphatic heterocycles. The number of hydrogen-bond acceptors (Lipinski definition) is 5. The average Bonchev–Trinajstić information content (AvgIpc) is 3.56. The topological polar surface area (TPSA) is 81.5 Å². The number of hydrogen-bond donors (Lipinski definition) is 0. The molecule has 0 spiro atoms. The van der Waals surface area contributed by atoms with Gasteiger partial charge in [0.05, 0.1) is 13.2 Å². The van der Waals surface area contributed by atoms with Crippen LogP contribution in [0.25, 0.3) is 0 Å². The summed E-state index contributed by atoms with van der Waals surface area (Å²) < 4.78 is 6.73. The van der Waals surface area contributed by atoms with Gasteiger partial charge in [0.15, 0.2) is 5.78 Å². The number of rotatable bonds is 8. The third kappa shape index (κ3) is 4.01. The molecule has 7 nitrogen and oxygen atoms in total. The highest BCUT2D eigenvalue weighted by Gasteiger charge is 2.38. The van der Waals surface area contributed by atoms with Crippen molar-refractivity contribution in [3.63, 3.8) is 0 Å². The van der Waals surface area contributed by atoms with E-state index in [0.29, 0.717) is 29.9 Å². The summed E-state index contributed by atoms with van der Waals surface area (Å²) in [5.74, 6) is -0.626. The van der Waals surface area contributed by atoms with Crippen molar-refractivity contribution in [2.45, 2.75) is 59.7 Å². The minimum atomic E-state index is -0.651. The summed E-state index contributed by atoms with van der Waals surface area (Å²) in [6, 6.07) is 3.05. The van der Waals surface area contributed by atoms with Crippen LogP contribution in [0.2, 0.25) is 0 Å². The molecule has 3 rings (SSSR count). The molecule has 7 heteroatoms. The summed E-state index contributed by atoms with van der Waals surface area (Å²) in [6.45, 7) is 8.18. The van der Waals surface area contributed by atoms with Crippen LogP contribution in [0, 0.1) is 19.8 Å². The number of esters is 1. The third-order valence-electron chi connectivity index (χ3n) is 5.87. The zero-order valence-corrected chi connectivity index (χ0v) is 18.3. The maximum Gasteiger partial charge on any atom is 0.354 e. The van der Waals surface area contributed by atoms with Gasteiger partial charge in [-0.2, -0.15) is 0 Å². The number of nitrogens with zero attached hydrogens (tertiary/aromatic N) is 3. The minimum Gasteiger partial charge on any atom is -0.464 e. The van der Waals surface area contributed by atoms with Crippen molar-refractivity contribution in [2.75, 3.05) is 7.11 Å². The lowest BCUT2D eigenvalue weighted by Gasteiger charge is -2.29. The van der Waals surface area contributed by atoms with Crippen molar-refractivity contribution in [1.82, 2.24) is 14.5 Å². The summed E-state index contributed by atoms with van der Waals surface area (Å²) in [5, 5.41) is 0. The lowest BCUT2D eigenvalue weighted by Crippen LogP contribution is -2.43. The highest BCUT2D eigenvalue weighted by atomic mass is 16.5. The van der Waals surface area contributed by atoms with Gasteiger partial charge in [0.25, 0.3) is 0 Å². The smallest absolute Gasteiger partial charge is 0.354 e. The van der Waals surface area contributed by atoms with Crippen molar-refractivity contribution in [1.29, 1.82) is 0 Å². The first-order valence-electron chi connectivity index (χ1n) is 10.3. The van der Waals surface area contributed by atoms with Crippen LogP contribution in [0.15, 0.2) is 24.5 Å². The summed E-state index contributed by atoms with van der Waals surface area (Å²) in [5.41, 5.74) is 3.12. The highest BCUT2D eigenvalue weighted by Crippen LogP contribution is 2.33. The van der Waals surface area contributed by atoms with Crippen LogP contribution in [0.4, 0.5) is 0 Å². The van der Waals surface area contributed by atoms with Gasteiger partial charge in [0.1, 0.15) is 5.69 Å². The SMILES string of the molecule is CCn1c(C)c(C(=O)C(C)N(Cc2ccncc2)C(=O)C2CC2)c(C)c1C(=O)OC. The molecule has 1 aliphatic carbocycles. The van der Waals surface area contributed by atoms with Crippen molar-refractivity contribution < 1.29 is 19.1 Å². The summed E-state index contributed by atoms with van der Waals surface area (Å²) in [6.07, 6.45) is 5.09. The Morgan fingerprint density at radius 3 is 2.40 bits per heavy atom. The molecule has 1 unspecified atom stereocenters.